The third kappa shape index (κ3) is 17.4. The van der Waals surface area contributed by atoms with Gasteiger partial charge in [0.2, 0.25) is 0 Å². The maximum Gasteiger partial charge on any atom is 0.472 e. The summed E-state index contributed by atoms with van der Waals surface area (Å²) in [6.45, 7) is 6.18. The van der Waals surface area contributed by atoms with E-state index in [4.69, 9.17) is 34.3 Å². The molecule has 55 heavy (non-hydrogen) atoms. The molecule has 2 aromatic heterocycles. The fourth-order valence-electron chi connectivity index (χ4n) is 6.57. The number of phosphoric acid groups is 1. The molecule has 1 aromatic carbocycles. The van der Waals surface area contributed by atoms with Gasteiger partial charge < -0.3 is 24.8 Å². The lowest BCUT2D eigenvalue weighted by molar-refractivity contribution is 0.000302. The van der Waals surface area contributed by atoms with Crippen LogP contribution in [0.15, 0.2) is 36.7 Å². The predicted octanol–water partition coefficient (Wildman–Crippen LogP) is 9.40. The number of hydrogen-bond acceptors (Lipinski definition) is 11. The molecule has 15 heteroatoms. The van der Waals surface area contributed by atoms with Crippen LogP contribution in [0.25, 0.3) is 5.52 Å². The molecule has 1 fully saturated rings. The molecule has 1 aliphatic rings. The molecule has 0 amide bonds. The average molecular weight is 787 g/mol. The summed E-state index contributed by atoms with van der Waals surface area (Å²) < 4.78 is 57.0. The lowest BCUT2D eigenvalue weighted by Gasteiger charge is -2.21. The summed E-state index contributed by atoms with van der Waals surface area (Å²) in [6, 6.07) is 9.35. The second-order valence-corrected chi connectivity index (χ2v) is 15.5. The number of ether oxygens (including phenoxy) is 3. The number of fused-ring (bicyclic) bond motifs is 1. The van der Waals surface area contributed by atoms with Crippen LogP contribution in [0, 0.1) is 34.9 Å². The van der Waals surface area contributed by atoms with Crippen molar-refractivity contribution in [2.45, 2.75) is 128 Å². The second-order valence-electron chi connectivity index (χ2n) is 14.1. The van der Waals surface area contributed by atoms with Crippen molar-refractivity contribution >= 4 is 19.2 Å². The number of nitriles is 2. The summed E-state index contributed by atoms with van der Waals surface area (Å²) in [5.41, 5.74) is 7.57. The van der Waals surface area contributed by atoms with E-state index < -0.39 is 25.7 Å². The van der Waals surface area contributed by atoms with Crippen molar-refractivity contribution in [2.24, 2.45) is 5.92 Å². The first-order valence-electron chi connectivity index (χ1n) is 19.8. The summed E-state index contributed by atoms with van der Waals surface area (Å²) in [5, 5.41) is 20.0. The highest BCUT2D eigenvalue weighted by Crippen LogP contribution is 2.45. The third-order valence-electron chi connectivity index (χ3n) is 9.58. The highest BCUT2D eigenvalue weighted by Gasteiger charge is 2.32. The summed E-state index contributed by atoms with van der Waals surface area (Å²) >= 11 is 0. The molecule has 0 radical (unpaired) electrons. The van der Waals surface area contributed by atoms with Gasteiger partial charge in [0.05, 0.1) is 49.9 Å². The number of nitrogen functional groups attached to an aromatic ring is 1. The zero-order chi connectivity index (χ0) is 39.7. The fraction of sp³-hybridized carbons (Fsp3) is 0.650. The van der Waals surface area contributed by atoms with Gasteiger partial charge in [0.25, 0.3) is 0 Å². The zero-order valence-electron chi connectivity index (χ0n) is 32.4. The van der Waals surface area contributed by atoms with Crippen LogP contribution in [-0.2, 0) is 23.1 Å². The summed E-state index contributed by atoms with van der Waals surface area (Å²) in [4.78, 5) is 14.5. The van der Waals surface area contributed by atoms with Crippen molar-refractivity contribution in [3.63, 3.8) is 0 Å². The van der Waals surface area contributed by atoms with E-state index in [1.807, 2.05) is 18.2 Å². The number of nitrogens with zero attached hydrogens (tertiary/aromatic N) is 5. The van der Waals surface area contributed by atoms with Crippen LogP contribution in [0.4, 0.5) is 10.2 Å². The molecule has 4 atom stereocenters. The first-order valence-corrected chi connectivity index (χ1v) is 21.3. The van der Waals surface area contributed by atoms with E-state index in [1.54, 1.807) is 4.52 Å². The molecular formula is C40H60FN6O7P. The SMILES string of the molecule is C#N.CCCCCCCCCCCCCCCCCOCC(COc1cc(F)cc(C#N)c1)COP(=O)(O)OCC1CCC(c2ccc3c(N)ncnn23)O1. The topological polar surface area (TPSA) is 187 Å². The third-order valence-corrected chi connectivity index (χ3v) is 10.5. The van der Waals surface area contributed by atoms with Gasteiger partial charge in [-0.3, -0.25) is 9.05 Å². The quantitative estimate of drug-likeness (QED) is 0.0525. The van der Waals surface area contributed by atoms with Crippen molar-refractivity contribution < 1.29 is 37.1 Å². The van der Waals surface area contributed by atoms with Gasteiger partial charge in [0.15, 0.2) is 5.82 Å². The average Bonchev–Trinajstić information content (AvgIpc) is 3.85. The van der Waals surface area contributed by atoms with Gasteiger partial charge in [-0.1, -0.05) is 96.8 Å². The Morgan fingerprint density at radius 3 is 2.27 bits per heavy atom. The molecule has 4 rings (SSSR count). The number of aromatic nitrogens is 3. The molecule has 3 aromatic rings. The Labute approximate surface area is 325 Å². The van der Waals surface area contributed by atoms with Crippen LogP contribution in [0.3, 0.4) is 0 Å². The number of unbranched alkanes of at least 4 members (excludes halogenated alkanes) is 14. The molecule has 13 nitrogen and oxygen atoms in total. The molecule has 3 N–H and O–H groups in total. The zero-order valence-corrected chi connectivity index (χ0v) is 33.3. The predicted molar refractivity (Wildman–Crippen MR) is 208 cm³/mol. The van der Waals surface area contributed by atoms with E-state index >= 15 is 0 Å². The number of nitrogens with two attached hydrogens (primary N) is 1. The molecule has 0 saturated carbocycles. The Morgan fingerprint density at radius 1 is 0.964 bits per heavy atom. The summed E-state index contributed by atoms with van der Waals surface area (Å²) in [6.07, 6.45) is 21.2. The van der Waals surface area contributed by atoms with Crippen molar-refractivity contribution in [3.8, 4) is 18.4 Å². The molecule has 3 heterocycles. The largest absolute Gasteiger partial charge is 0.493 e. The van der Waals surface area contributed by atoms with Crippen molar-refractivity contribution in [1.82, 2.24) is 14.6 Å². The smallest absolute Gasteiger partial charge is 0.472 e. The molecule has 304 valence electrons. The number of halogens is 1. The van der Waals surface area contributed by atoms with E-state index in [0.29, 0.717) is 30.8 Å². The number of hydrogen-bond donors (Lipinski definition) is 2. The van der Waals surface area contributed by atoms with Crippen LogP contribution < -0.4 is 10.5 Å². The van der Waals surface area contributed by atoms with Gasteiger partial charge in [-0.25, -0.2) is 23.7 Å². The van der Waals surface area contributed by atoms with Crippen LogP contribution in [-0.4, -0.2) is 58.6 Å². The van der Waals surface area contributed by atoms with Gasteiger partial charge in [-0.15, -0.1) is 0 Å². The van der Waals surface area contributed by atoms with E-state index in [2.05, 4.69) is 23.6 Å². The Morgan fingerprint density at radius 2 is 1.62 bits per heavy atom. The van der Waals surface area contributed by atoms with Crippen molar-refractivity contribution in [1.29, 1.82) is 10.5 Å². The van der Waals surface area contributed by atoms with Crippen LogP contribution in [0.1, 0.15) is 133 Å². The molecule has 0 bridgehead atoms. The lowest BCUT2D eigenvalue weighted by Crippen LogP contribution is -2.24. The standard InChI is InChI=1S/C39H59FN5O7P.CHN/c1-2-3-4-5-6-7-8-9-10-11-12-13-14-15-16-21-48-26-32(27-49-35-23-31(25-41)22-33(40)24-35)28-50-53(46,47)51-29-34-17-20-38(52-34)36-18-19-37-39(42)43-30-44-45(36)37;1-2/h18-19,22-24,30,32,34,38H,2-17,20-21,26-29H2,1H3,(H,46,47)(H2,42,43,44);1H. The number of benzene rings is 1. The number of anilines is 1. The van der Waals surface area contributed by atoms with E-state index in [1.165, 1.54) is 102 Å². The Kier molecular flexibility index (Phi) is 21.9. The molecule has 4 unspecified atom stereocenters. The fourth-order valence-corrected chi connectivity index (χ4v) is 7.40. The van der Waals surface area contributed by atoms with Crippen molar-refractivity contribution in [2.75, 3.05) is 38.8 Å². The van der Waals surface area contributed by atoms with E-state index in [-0.39, 0.29) is 43.8 Å². The minimum absolute atomic E-state index is 0.0138. The minimum atomic E-state index is -4.45. The van der Waals surface area contributed by atoms with Gasteiger partial charge >= 0.3 is 7.82 Å². The normalized spacial score (nSPS) is 16.9. The van der Waals surface area contributed by atoms with Gasteiger partial charge in [-0.05, 0) is 43.5 Å². The first-order chi connectivity index (χ1) is 26.8. The minimum Gasteiger partial charge on any atom is -0.493 e. The maximum absolute atomic E-state index is 14.0. The molecule has 1 aliphatic heterocycles. The lowest BCUT2D eigenvalue weighted by atomic mass is 10.0. The number of rotatable bonds is 28. The highest BCUT2D eigenvalue weighted by atomic mass is 31.2. The molecule has 0 spiro atoms. The van der Waals surface area contributed by atoms with Crippen molar-refractivity contribution in [3.05, 3.63) is 53.7 Å². The highest BCUT2D eigenvalue weighted by molar-refractivity contribution is 7.47. The van der Waals surface area contributed by atoms with Crippen LogP contribution in [0.2, 0.25) is 0 Å². The Balaban J connectivity index is 0.00000399. The summed E-state index contributed by atoms with van der Waals surface area (Å²) in [5.74, 6) is -0.517. The Hall–Kier alpha value is -3.62. The van der Waals surface area contributed by atoms with E-state index in [0.717, 1.165) is 24.6 Å². The number of phosphoric ester groups is 1. The molecule has 0 aliphatic carbocycles. The maximum atomic E-state index is 14.0. The molecular weight excluding hydrogens is 726 g/mol. The summed E-state index contributed by atoms with van der Waals surface area (Å²) in [7, 11) is -4.45. The van der Waals surface area contributed by atoms with Crippen LogP contribution >= 0.6 is 7.82 Å². The van der Waals surface area contributed by atoms with Gasteiger partial charge in [0, 0.05) is 25.2 Å². The van der Waals surface area contributed by atoms with Crippen LogP contribution in [0.5, 0.6) is 5.75 Å². The Bertz CT molecular complexity index is 1640. The first kappa shape index (κ1) is 45.8. The molecule has 1 saturated heterocycles. The van der Waals surface area contributed by atoms with Gasteiger partial charge in [0.1, 0.15) is 29.5 Å². The second kappa shape index (κ2) is 26.3. The van der Waals surface area contributed by atoms with Gasteiger partial charge in [-0.2, -0.15) is 10.4 Å². The monoisotopic (exact) mass is 786 g/mol. The van der Waals surface area contributed by atoms with E-state index in [9.17, 15) is 19.1 Å².